The maximum absolute atomic E-state index is 5.20. The third-order valence-corrected chi connectivity index (χ3v) is 4.01. The smallest absolute Gasteiger partial charge is 0.118 e. The van der Waals surface area contributed by atoms with E-state index in [2.05, 4.69) is 55.6 Å². The molecule has 1 unspecified atom stereocenters. The van der Waals surface area contributed by atoms with Crippen LogP contribution in [0.25, 0.3) is 11.1 Å². The predicted molar refractivity (Wildman–Crippen MR) is 89.8 cm³/mol. The normalized spacial score (nSPS) is 12.4. The molecule has 2 rings (SSSR count). The monoisotopic (exact) mass is 283 g/mol. The lowest BCUT2D eigenvalue weighted by Gasteiger charge is -2.20. The molecule has 0 aliphatic heterocycles. The van der Waals surface area contributed by atoms with Crippen LogP contribution in [0, 0.1) is 5.92 Å². The summed E-state index contributed by atoms with van der Waals surface area (Å²) < 4.78 is 5.20. The van der Waals surface area contributed by atoms with Crippen molar-refractivity contribution in [2.75, 3.05) is 14.2 Å². The number of benzene rings is 2. The second-order valence-corrected chi connectivity index (χ2v) is 5.77. The lowest BCUT2D eigenvalue weighted by molar-refractivity contribution is 0.415. The molecule has 0 saturated carbocycles. The first-order valence-electron chi connectivity index (χ1n) is 7.54. The molecule has 1 atom stereocenters. The van der Waals surface area contributed by atoms with Gasteiger partial charge in [-0.2, -0.15) is 0 Å². The van der Waals surface area contributed by atoms with Crippen LogP contribution in [0.2, 0.25) is 0 Å². The summed E-state index contributed by atoms with van der Waals surface area (Å²) in [6.07, 6.45) is 1.07. The van der Waals surface area contributed by atoms with Gasteiger partial charge >= 0.3 is 0 Å². The summed E-state index contributed by atoms with van der Waals surface area (Å²) >= 11 is 0. The van der Waals surface area contributed by atoms with Crippen molar-refractivity contribution in [3.05, 3.63) is 54.1 Å². The van der Waals surface area contributed by atoms with Crippen LogP contribution >= 0.6 is 0 Å². The van der Waals surface area contributed by atoms with E-state index in [4.69, 9.17) is 4.74 Å². The van der Waals surface area contributed by atoms with Gasteiger partial charge in [0.05, 0.1) is 7.11 Å². The highest BCUT2D eigenvalue weighted by Gasteiger charge is 2.11. The van der Waals surface area contributed by atoms with Crippen molar-refractivity contribution in [3.8, 4) is 16.9 Å². The van der Waals surface area contributed by atoms with Crippen LogP contribution < -0.4 is 10.1 Å². The first-order valence-corrected chi connectivity index (χ1v) is 7.54. The minimum Gasteiger partial charge on any atom is -0.497 e. The zero-order valence-corrected chi connectivity index (χ0v) is 13.4. The van der Waals surface area contributed by atoms with Crippen LogP contribution in [0.15, 0.2) is 48.5 Å². The highest BCUT2D eigenvalue weighted by atomic mass is 16.5. The predicted octanol–water partition coefficient (Wildman–Crippen LogP) is 4.15. The molecule has 2 aromatic carbocycles. The zero-order valence-electron chi connectivity index (χ0n) is 13.4. The fourth-order valence-electron chi connectivity index (χ4n) is 2.54. The fraction of sp³-hybridized carbons (Fsp3) is 0.368. The van der Waals surface area contributed by atoms with E-state index in [9.17, 15) is 0 Å². The van der Waals surface area contributed by atoms with E-state index in [1.54, 1.807) is 7.11 Å². The number of rotatable bonds is 6. The molecule has 0 aliphatic carbocycles. The van der Waals surface area contributed by atoms with E-state index in [0.29, 0.717) is 12.0 Å². The average Bonchev–Trinajstić information content (AvgIpc) is 2.53. The Hall–Kier alpha value is -1.80. The van der Waals surface area contributed by atoms with Crippen molar-refractivity contribution in [1.29, 1.82) is 0 Å². The zero-order chi connectivity index (χ0) is 15.2. The van der Waals surface area contributed by atoms with Crippen molar-refractivity contribution < 1.29 is 4.74 Å². The molecule has 0 heterocycles. The molecular weight excluding hydrogens is 258 g/mol. The van der Waals surface area contributed by atoms with Crippen molar-refractivity contribution in [2.24, 2.45) is 5.92 Å². The molecule has 0 bridgehead atoms. The van der Waals surface area contributed by atoms with Crippen LogP contribution in [0.3, 0.4) is 0 Å². The van der Waals surface area contributed by atoms with Crippen LogP contribution in [-0.2, 0) is 6.42 Å². The van der Waals surface area contributed by atoms with E-state index < -0.39 is 0 Å². The van der Waals surface area contributed by atoms with Gasteiger partial charge in [-0.25, -0.2) is 0 Å². The van der Waals surface area contributed by atoms with E-state index in [1.165, 1.54) is 16.7 Å². The Kier molecular flexibility index (Phi) is 5.40. The first kappa shape index (κ1) is 15.6. The molecule has 0 fully saturated rings. The third-order valence-electron chi connectivity index (χ3n) is 4.01. The lowest BCUT2D eigenvalue weighted by atomic mass is 9.95. The standard InChI is InChI=1S/C19H25NO/c1-14(2)19(20-3)13-15-5-7-16(8-6-15)17-9-11-18(21-4)12-10-17/h5-12,14,19-20H,13H2,1-4H3. The Morgan fingerprint density at radius 2 is 1.43 bits per heavy atom. The molecule has 2 nitrogen and oxygen atoms in total. The maximum atomic E-state index is 5.20. The summed E-state index contributed by atoms with van der Waals surface area (Å²) in [4.78, 5) is 0. The summed E-state index contributed by atoms with van der Waals surface area (Å²) in [5.74, 6) is 1.53. The average molecular weight is 283 g/mol. The SMILES string of the molecule is CNC(Cc1ccc(-c2ccc(OC)cc2)cc1)C(C)C. The van der Waals surface area contributed by atoms with Crippen LogP contribution in [-0.4, -0.2) is 20.2 Å². The quantitative estimate of drug-likeness (QED) is 0.860. The number of nitrogens with one attached hydrogen (secondary N) is 1. The number of hydrogen-bond acceptors (Lipinski definition) is 2. The fourth-order valence-corrected chi connectivity index (χ4v) is 2.54. The molecular formula is C19H25NO. The van der Waals surface area contributed by atoms with Gasteiger partial charge < -0.3 is 10.1 Å². The van der Waals surface area contributed by atoms with Gasteiger partial charge in [-0.1, -0.05) is 50.2 Å². The van der Waals surface area contributed by atoms with Crippen LogP contribution in [0.5, 0.6) is 5.75 Å². The van der Waals surface area contributed by atoms with Gasteiger partial charge in [-0.3, -0.25) is 0 Å². The maximum Gasteiger partial charge on any atom is 0.118 e. The Bertz CT molecular complexity index is 543. The molecule has 1 N–H and O–H groups in total. The van der Waals surface area contributed by atoms with Crippen molar-refractivity contribution in [1.82, 2.24) is 5.32 Å². The van der Waals surface area contributed by atoms with Crippen molar-refractivity contribution >= 4 is 0 Å². The van der Waals surface area contributed by atoms with Gasteiger partial charge in [-0.05, 0) is 48.2 Å². The van der Waals surface area contributed by atoms with E-state index >= 15 is 0 Å². The summed E-state index contributed by atoms with van der Waals surface area (Å²) in [5.41, 5.74) is 3.84. The second kappa shape index (κ2) is 7.28. The van der Waals surface area contributed by atoms with E-state index in [1.807, 2.05) is 19.2 Å². The van der Waals surface area contributed by atoms with Crippen LogP contribution in [0.4, 0.5) is 0 Å². The molecule has 0 amide bonds. The molecule has 112 valence electrons. The molecule has 2 heteroatoms. The van der Waals surface area contributed by atoms with Gasteiger partial charge in [0, 0.05) is 6.04 Å². The minimum absolute atomic E-state index is 0.525. The number of methoxy groups -OCH3 is 1. The summed E-state index contributed by atoms with van der Waals surface area (Å²) in [5, 5.41) is 3.40. The van der Waals surface area contributed by atoms with Gasteiger partial charge in [0.15, 0.2) is 0 Å². The Balaban J connectivity index is 2.10. The van der Waals surface area contributed by atoms with E-state index in [-0.39, 0.29) is 0 Å². The molecule has 2 aromatic rings. The summed E-state index contributed by atoms with van der Waals surface area (Å²) in [6, 6.07) is 17.6. The summed E-state index contributed by atoms with van der Waals surface area (Å²) in [7, 11) is 3.73. The Labute approximate surface area is 128 Å². The third kappa shape index (κ3) is 4.08. The molecule has 0 radical (unpaired) electrons. The number of likely N-dealkylation sites (N-methyl/N-ethyl adjacent to an activating group) is 1. The van der Waals surface area contributed by atoms with E-state index in [0.717, 1.165) is 12.2 Å². The first-order chi connectivity index (χ1) is 10.1. The number of ether oxygens (including phenoxy) is 1. The molecule has 0 saturated heterocycles. The molecule has 0 spiro atoms. The topological polar surface area (TPSA) is 21.3 Å². The van der Waals surface area contributed by atoms with Gasteiger partial charge in [0.2, 0.25) is 0 Å². The number of hydrogen-bond donors (Lipinski definition) is 1. The largest absolute Gasteiger partial charge is 0.497 e. The molecule has 21 heavy (non-hydrogen) atoms. The van der Waals surface area contributed by atoms with Crippen molar-refractivity contribution in [3.63, 3.8) is 0 Å². The van der Waals surface area contributed by atoms with Gasteiger partial charge in [-0.15, -0.1) is 0 Å². The van der Waals surface area contributed by atoms with Crippen LogP contribution in [0.1, 0.15) is 19.4 Å². The lowest BCUT2D eigenvalue weighted by Crippen LogP contribution is -2.32. The summed E-state index contributed by atoms with van der Waals surface area (Å²) in [6.45, 7) is 4.51. The second-order valence-electron chi connectivity index (χ2n) is 5.77. The molecule has 0 aliphatic rings. The molecule has 0 aromatic heterocycles. The van der Waals surface area contributed by atoms with Gasteiger partial charge in [0.1, 0.15) is 5.75 Å². The van der Waals surface area contributed by atoms with Crippen molar-refractivity contribution in [2.45, 2.75) is 26.3 Å². The Morgan fingerprint density at radius 1 is 0.905 bits per heavy atom. The highest BCUT2D eigenvalue weighted by molar-refractivity contribution is 5.64. The highest BCUT2D eigenvalue weighted by Crippen LogP contribution is 2.23. The minimum atomic E-state index is 0.525. The Morgan fingerprint density at radius 3 is 1.86 bits per heavy atom. The van der Waals surface area contributed by atoms with Gasteiger partial charge in [0.25, 0.3) is 0 Å².